The largest absolute Gasteiger partial charge is 0.366 e. The second-order valence-electron chi connectivity index (χ2n) is 9.30. The molecule has 0 spiro atoms. The van der Waals surface area contributed by atoms with E-state index in [0.29, 0.717) is 11.3 Å². The normalized spacial score (nSPS) is 15.0. The number of nitrogens with one attached hydrogen (secondary N) is 2. The molecule has 6 nitrogen and oxygen atoms in total. The van der Waals surface area contributed by atoms with Gasteiger partial charge in [0.2, 0.25) is 0 Å². The van der Waals surface area contributed by atoms with E-state index in [4.69, 9.17) is 0 Å². The maximum Gasteiger partial charge on any atom is 0.323 e. The van der Waals surface area contributed by atoms with E-state index in [1.807, 2.05) is 47.4 Å². The third kappa shape index (κ3) is 5.16. The highest BCUT2D eigenvalue weighted by molar-refractivity contribution is 6.04. The van der Waals surface area contributed by atoms with Crippen molar-refractivity contribution < 1.29 is 9.59 Å². The number of amides is 3. The Labute approximate surface area is 206 Å². The Morgan fingerprint density at radius 2 is 1.57 bits per heavy atom. The summed E-state index contributed by atoms with van der Waals surface area (Å²) in [5, 5.41) is 5.82. The van der Waals surface area contributed by atoms with Crippen molar-refractivity contribution in [3.63, 3.8) is 0 Å². The number of hydrogen-bond donors (Lipinski definition) is 2. The topological polar surface area (TPSA) is 64.7 Å². The van der Waals surface area contributed by atoms with Gasteiger partial charge in [-0.1, -0.05) is 43.3 Å². The van der Waals surface area contributed by atoms with Crippen molar-refractivity contribution in [2.45, 2.75) is 39.2 Å². The summed E-state index contributed by atoms with van der Waals surface area (Å²) in [6, 6.07) is 21.7. The standard InChI is InChI=1S/C29H32N4O2/c1-2-21-8-7-11-24(18-21)30-29(35)31-25-12-13-27(26(19-25)28(34)32-15-5-6-16-32)33-17-14-22-9-3-4-10-23(22)20-33/h3-4,7-13,18-19H,2,5-6,14-17,20H2,1H3,(H2,30,31,35). The molecule has 35 heavy (non-hydrogen) atoms. The minimum absolute atomic E-state index is 0.0380. The Balaban J connectivity index is 1.39. The summed E-state index contributed by atoms with van der Waals surface area (Å²) < 4.78 is 0. The van der Waals surface area contributed by atoms with Crippen LogP contribution in [0.1, 0.15) is 46.8 Å². The number of anilines is 3. The van der Waals surface area contributed by atoms with Crippen LogP contribution in [0.4, 0.5) is 21.9 Å². The molecule has 0 saturated carbocycles. The van der Waals surface area contributed by atoms with Crippen molar-refractivity contribution in [2.75, 3.05) is 35.2 Å². The number of benzene rings is 3. The molecule has 0 bridgehead atoms. The minimum atomic E-state index is -0.322. The van der Waals surface area contributed by atoms with Crippen LogP contribution >= 0.6 is 0 Å². The molecule has 1 saturated heterocycles. The van der Waals surface area contributed by atoms with Crippen LogP contribution in [0.25, 0.3) is 0 Å². The zero-order chi connectivity index (χ0) is 24.2. The molecule has 2 aliphatic rings. The highest BCUT2D eigenvalue weighted by Gasteiger charge is 2.26. The van der Waals surface area contributed by atoms with Gasteiger partial charge in [0.15, 0.2) is 0 Å². The van der Waals surface area contributed by atoms with Gasteiger partial charge in [0, 0.05) is 43.2 Å². The third-order valence-electron chi connectivity index (χ3n) is 6.94. The highest BCUT2D eigenvalue weighted by atomic mass is 16.2. The van der Waals surface area contributed by atoms with Crippen LogP contribution in [-0.4, -0.2) is 36.5 Å². The van der Waals surface area contributed by atoms with Crippen molar-refractivity contribution >= 4 is 29.0 Å². The summed E-state index contributed by atoms with van der Waals surface area (Å²) in [4.78, 5) is 30.5. The fraction of sp³-hybridized carbons (Fsp3) is 0.310. The van der Waals surface area contributed by atoms with Crippen LogP contribution in [0.15, 0.2) is 66.7 Å². The first-order chi connectivity index (χ1) is 17.1. The fourth-order valence-electron chi connectivity index (χ4n) is 5.02. The van der Waals surface area contributed by atoms with Crippen LogP contribution in [0.5, 0.6) is 0 Å². The van der Waals surface area contributed by atoms with E-state index >= 15 is 0 Å². The first kappa shape index (κ1) is 23.0. The van der Waals surface area contributed by atoms with Gasteiger partial charge in [-0.2, -0.15) is 0 Å². The SMILES string of the molecule is CCc1cccc(NC(=O)Nc2ccc(N3CCc4ccccc4C3)c(C(=O)N3CCCC3)c2)c1. The molecule has 1 fully saturated rings. The van der Waals surface area contributed by atoms with Crippen molar-refractivity contribution in [2.24, 2.45) is 0 Å². The number of rotatable bonds is 5. The number of likely N-dealkylation sites (tertiary alicyclic amines) is 1. The van der Waals surface area contributed by atoms with Crippen LogP contribution in [-0.2, 0) is 19.4 Å². The second-order valence-corrected chi connectivity index (χ2v) is 9.30. The molecule has 3 aromatic rings. The van der Waals surface area contributed by atoms with E-state index in [2.05, 4.69) is 46.7 Å². The van der Waals surface area contributed by atoms with Crippen molar-refractivity contribution in [1.29, 1.82) is 0 Å². The highest BCUT2D eigenvalue weighted by Crippen LogP contribution is 2.31. The Bertz CT molecular complexity index is 1230. The average Bonchev–Trinajstić information content (AvgIpc) is 3.43. The monoisotopic (exact) mass is 468 g/mol. The van der Waals surface area contributed by atoms with Gasteiger partial charge < -0.3 is 20.4 Å². The molecule has 3 aromatic carbocycles. The summed E-state index contributed by atoms with van der Waals surface area (Å²) in [5.41, 5.74) is 6.77. The smallest absolute Gasteiger partial charge is 0.323 e. The first-order valence-electron chi connectivity index (χ1n) is 12.5. The van der Waals surface area contributed by atoms with Crippen molar-refractivity contribution in [1.82, 2.24) is 4.90 Å². The fourth-order valence-corrected chi connectivity index (χ4v) is 5.02. The maximum absolute atomic E-state index is 13.5. The molecular formula is C29H32N4O2. The Kier molecular flexibility index (Phi) is 6.70. The lowest BCUT2D eigenvalue weighted by Crippen LogP contribution is -2.34. The molecule has 2 N–H and O–H groups in total. The van der Waals surface area contributed by atoms with E-state index in [1.54, 1.807) is 0 Å². The van der Waals surface area contributed by atoms with Gasteiger partial charge in [-0.15, -0.1) is 0 Å². The van der Waals surface area contributed by atoms with Gasteiger partial charge in [0.25, 0.3) is 5.91 Å². The minimum Gasteiger partial charge on any atom is -0.366 e. The average molecular weight is 469 g/mol. The number of hydrogen-bond acceptors (Lipinski definition) is 3. The number of carbonyl (C=O) groups is 2. The number of fused-ring (bicyclic) bond motifs is 1. The number of aryl methyl sites for hydroxylation is 1. The zero-order valence-electron chi connectivity index (χ0n) is 20.2. The Morgan fingerprint density at radius 1 is 0.829 bits per heavy atom. The van der Waals surface area contributed by atoms with Crippen molar-refractivity contribution in [3.05, 3.63) is 89.0 Å². The predicted octanol–water partition coefficient (Wildman–Crippen LogP) is 5.69. The molecule has 0 unspecified atom stereocenters. The van der Waals surface area contributed by atoms with Gasteiger partial charge in [-0.3, -0.25) is 4.79 Å². The maximum atomic E-state index is 13.5. The van der Waals surface area contributed by atoms with Gasteiger partial charge >= 0.3 is 6.03 Å². The van der Waals surface area contributed by atoms with E-state index in [9.17, 15) is 9.59 Å². The molecule has 3 amide bonds. The van der Waals surface area contributed by atoms with Crippen LogP contribution in [0.2, 0.25) is 0 Å². The molecular weight excluding hydrogens is 436 g/mol. The molecule has 180 valence electrons. The lowest BCUT2D eigenvalue weighted by atomic mass is 9.98. The van der Waals surface area contributed by atoms with Crippen LogP contribution < -0.4 is 15.5 Å². The summed E-state index contributed by atoms with van der Waals surface area (Å²) in [6.07, 6.45) is 3.93. The lowest BCUT2D eigenvalue weighted by molar-refractivity contribution is 0.0793. The molecule has 0 aromatic heterocycles. The van der Waals surface area contributed by atoms with Gasteiger partial charge in [-0.05, 0) is 72.7 Å². The quantitative estimate of drug-likeness (QED) is 0.505. The molecule has 2 heterocycles. The Hall–Kier alpha value is -3.80. The number of urea groups is 1. The van der Waals surface area contributed by atoms with Crippen LogP contribution in [0.3, 0.4) is 0 Å². The van der Waals surface area contributed by atoms with E-state index < -0.39 is 0 Å². The van der Waals surface area contributed by atoms with Gasteiger partial charge in [0.1, 0.15) is 0 Å². The summed E-state index contributed by atoms with van der Waals surface area (Å²) in [7, 11) is 0. The summed E-state index contributed by atoms with van der Waals surface area (Å²) in [5.74, 6) is 0.0380. The molecule has 5 rings (SSSR count). The number of carbonyl (C=O) groups excluding carboxylic acids is 2. The molecule has 0 aliphatic carbocycles. The molecule has 2 aliphatic heterocycles. The van der Waals surface area contributed by atoms with E-state index in [-0.39, 0.29) is 11.9 Å². The third-order valence-corrected chi connectivity index (χ3v) is 6.94. The molecule has 6 heteroatoms. The second kappa shape index (κ2) is 10.2. The summed E-state index contributed by atoms with van der Waals surface area (Å²) >= 11 is 0. The molecule has 0 radical (unpaired) electrons. The number of nitrogens with zero attached hydrogens (tertiary/aromatic N) is 2. The van der Waals surface area contributed by atoms with E-state index in [0.717, 1.165) is 68.8 Å². The van der Waals surface area contributed by atoms with Gasteiger partial charge in [-0.25, -0.2) is 4.79 Å². The first-order valence-corrected chi connectivity index (χ1v) is 12.5. The molecule has 0 atom stereocenters. The predicted molar refractivity (Wildman–Crippen MR) is 141 cm³/mol. The van der Waals surface area contributed by atoms with Gasteiger partial charge in [0.05, 0.1) is 5.56 Å². The van der Waals surface area contributed by atoms with Crippen LogP contribution in [0, 0.1) is 0 Å². The lowest BCUT2D eigenvalue weighted by Gasteiger charge is -2.33. The van der Waals surface area contributed by atoms with E-state index in [1.165, 1.54) is 11.1 Å². The summed E-state index contributed by atoms with van der Waals surface area (Å²) in [6.45, 7) is 5.29. The zero-order valence-corrected chi connectivity index (χ0v) is 20.2. The van der Waals surface area contributed by atoms with Crippen molar-refractivity contribution in [3.8, 4) is 0 Å². The Morgan fingerprint density at radius 3 is 2.34 bits per heavy atom.